The number of ether oxygens (including phenoxy) is 9. The summed E-state index contributed by atoms with van der Waals surface area (Å²) in [5, 5.41) is 0. The van der Waals surface area contributed by atoms with Crippen LogP contribution in [0.3, 0.4) is 0 Å². The molecule has 75 heavy (non-hydrogen) atoms. The molecule has 0 fully saturated rings. The second kappa shape index (κ2) is 21.1. The first-order valence-corrected chi connectivity index (χ1v) is 25.6. The Morgan fingerprint density at radius 3 is 0.587 bits per heavy atom. The number of aromatic nitrogens is 3. The van der Waals surface area contributed by atoms with E-state index in [1.54, 1.807) is 98.7 Å². The van der Waals surface area contributed by atoms with Crippen molar-refractivity contribution in [3.05, 3.63) is 69.8 Å². The van der Waals surface area contributed by atoms with Crippen LogP contribution in [0.2, 0.25) is 0 Å². The number of carbonyl (C=O) groups is 3. The predicted octanol–water partition coefficient (Wildman–Crippen LogP) is 17.0. The largest absolute Gasteiger partial charge is 0.514 e. The van der Waals surface area contributed by atoms with Crippen molar-refractivity contribution in [3.8, 4) is 52.5 Å². The van der Waals surface area contributed by atoms with Crippen molar-refractivity contribution in [2.75, 3.05) is 0 Å². The number of hydrogen-bond acceptors (Lipinski definition) is 15. The van der Waals surface area contributed by atoms with Crippen LogP contribution < -0.4 is 28.4 Å². The maximum atomic E-state index is 13.3. The number of hydrogen-bond donors (Lipinski definition) is 0. The van der Waals surface area contributed by atoms with E-state index in [1.807, 2.05) is 125 Å². The minimum atomic E-state index is -0.837. The molecule has 3 aromatic carbocycles. The van der Waals surface area contributed by atoms with Crippen LogP contribution in [0.1, 0.15) is 220 Å². The average Bonchev–Trinajstić information content (AvgIpc) is 3.14. The third-order valence-electron chi connectivity index (χ3n) is 11.0. The molecule has 0 aliphatic rings. The summed E-state index contributed by atoms with van der Waals surface area (Å²) >= 11 is 0. The molecular weight excluding hydrogens is 955 g/mol. The minimum absolute atomic E-state index is 0.190. The summed E-state index contributed by atoms with van der Waals surface area (Å²) in [4.78, 5) is 54.0. The SMILES string of the molecule is CC(C)(C)OC(=O)Oc1c(C(C)(C)C)cc(Oc2nc(Oc3cc(C(C)(C)C)c(OC(=O)OC(C)(C)C)c(C(C)(C)C)c3)nc(Oc3cc(C(C)(C)C)c(OC(=O)OC(C)(C)C)c(C(C)(C)C)c3)n2)cc1C(C)(C)C. The summed E-state index contributed by atoms with van der Waals surface area (Å²) in [6.45, 7) is 52.1. The van der Waals surface area contributed by atoms with Gasteiger partial charge in [0.2, 0.25) is 0 Å². The topological polar surface area (TPSA) is 173 Å². The normalized spacial score (nSPS) is 13.2. The van der Waals surface area contributed by atoms with Gasteiger partial charge in [0, 0.05) is 33.4 Å². The molecule has 0 bridgehead atoms. The van der Waals surface area contributed by atoms with Gasteiger partial charge in [0.1, 0.15) is 51.3 Å². The zero-order valence-corrected chi connectivity index (χ0v) is 50.2. The molecule has 0 unspecified atom stereocenters. The first-order chi connectivity index (χ1) is 33.5. The first-order valence-electron chi connectivity index (χ1n) is 25.6. The standard InChI is InChI=1S/C60H87N3O12/c1-52(2,3)37-28-34(29-38(53(4,5)6)43(37)70-49(64)73-58(19,20)21)67-46-61-47(68-35-30-39(54(7,8)9)44(40(31-35)55(10,11)12)71-50(65)74-59(22,23)24)63-48(62-46)69-36-32-41(56(13,14)15)45(42(33-36)57(16,17)18)72-51(66)75-60(25,26)27/h28-33H,1-27H3. The minimum Gasteiger partial charge on any atom is -0.428 e. The van der Waals surface area contributed by atoms with E-state index >= 15 is 0 Å². The van der Waals surface area contributed by atoms with Crippen molar-refractivity contribution in [3.63, 3.8) is 0 Å². The van der Waals surface area contributed by atoms with Gasteiger partial charge >= 0.3 is 36.5 Å². The highest BCUT2D eigenvalue weighted by molar-refractivity contribution is 5.70. The maximum Gasteiger partial charge on any atom is 0.514 e. The van der Waals surface area contributed by atoms with Crippen LogP contribution in [-0.2, 0) is 46.7 Å². The molecular formula is C60H87N3O12. The summed E-state index contributed by atoms with van der Waals surface area (Å²) in [6.07, 6.45) is -2.51. The van der Waals surface area contributed by atoms with Gasteiger partial charge in [0.05, 0.1) is 0 Å². The average molecular weight is 1040 g/mol. The molecule has 0 saturated carbocycles. The summed E-state index contributed by atoms with van der Waals surface area (Å²) in [5.41, 5.74) is -1.81. The van der Waals surface area contributed by atoms with Crippen molar-refractivity contribution in [1.29, 1.82) is 0 Å². The number of carbonyl (C=O) groups excluding carboxylic acids is 3. The summed E-state index contributed by atoms with van der Waals surface area (Å²) < 4.78 is 54.9. The van der Waals surface area contributed by atoms with Gasteiger partial charge < -0.3 is 42.6 Å². The lowest BCUT2D eigenvalue weighted by Crippen LogP contribution is -2.28. The van der Waals surface area contributed by atoms with E-state index in [1.165, 1.54) is 0 Å². The van der Waals surface area contributed by atoms with Crippen LogP contribution >= 0.6 is 0 Å². The molecule has 4 aromatic rings. The van der Waals surface area contributed by atoms with Gasteiger partial charge in [-0.1, -0.05) is 125 Å². The van der Waals surface area contributed by atoms with E-state index in [9.17, 15) is 14.4 Å². The Bertz CT molecular complexity index is 2330. The number of nitrogens with zero attached hydrogens (tertiary/aromatic N) is 3. The van der Waals surface area contributed by atoms with Crippen LogP contribution in [0.4, 0.5) is 14.4 Å². The third-order valence-corrected chi connectivity index (χ3v) is 11.0. The van der Waals surface area contributed by atoms with Crippen molar-refractivity contribution in [2.45, 2.75) is 236 Å². The highest BCUT2D eigenvalue weighted by atomic mass is 16.7. The lowest BCUT2D eigenvalue weighted by Gasteiger charge is -2.30. The molecule has 0 N–H and O–H groups in total. The Kier molecular flexibility index (Phi) is 17.3. The van der Waals surface area contributed by atoms with Crippen molar-refractivity contribution in [2.24, 2.45) is 0 Å². The fraction of sp³-hybridized carbons (Fsp3) is 0.600. The number of benzene rings is 3. The van der Waals surface area contributed by atoms with Gasteiger partial charge in [0.25, 0.3) is 0 Å². The van der Waals surface area contributed by atoms with E-state index in [0.29, 0.717) is 67.9 Å². The monoisotopic (exact) mass is 1040 g/mol. The van der Waals surface area contributed by atoms with Crippen molar-refractivity contribution < 1.29 is 57.0 Å². The molecule has 0 atom stereocenters. The zero-order valence-electron chi connectivity index (χ0n) is 50.2. The zero-order chi connectivity index (χ0) is 57.6. The Morgan fingerprint density at radius 1 is 0.293 bits per heavy atom. The second-order valence-corrected chi connectivity index (χ2v) is 28.2. The van der Waals surface area contributed by atoms with Crippen LogP contribution in [0.15, 0.2) is 36.4 Å². The quantitative estimate of drug-likeness (QED) is 0.0879. The highest BCUT2D eigenvalue weighted by Gasteiger charge is 2.36. The second-order valence-electron chi connectivity index (χ2n) is 28.2. The Labute approximate surface area is 447 Å². The highest BCUT2D eigenvalue weighted by Crippen LogP contribution is 2.47. The van der Waals surface area contributed by atoms with Crippen molar-refractivity contribution in [1.82, 2.24) is 15.0 Å². The van der Waals surface area contributed by atoms with E-state index in [-0.39, 0.29) is 18.0 Å². The van der Waals surface area contributed by atoms with Crippen LogP contribution in [0.25, 0.3) is 0 Å². The van der Waals surface area contributed by atoms with E-state index < -0.39 is 67.8 Å². The Morgan fingerprint density at radius 2 is 0.453 bits per heavy atom. The first kappa shape index (κ1) is 61.4. The van der Waals surface area contributed by atoms with Crippen LogP contribution in [0.5, 0.6) is 52.5 Å². The fourth-order valence-electron chi connectivity index (χ4n) is 7.49. The molecule has 0 aliphatic heterocycles. The third kappa shape index (κ3) is 17.7. The van der Waals surface area contributed by atoms with Crippen LogP contribution in [-0.4, -0.2) is 50.2 Å². The molecule has 1 heterocycles. The van der Waals surface area contributed by atoms with Gasteiger partial charge in [-0.2, -0.15) is 0 Å². The molecule has 15 nitrogen and oxygen atoms in total. The van der Waals surface area contributed by atoms with Crippen molar-refractivity contribution >= 4 is 18.5 Å². The smallest absolute Gasteiger partial charge is 0.428 e. The van der Waals surface area contributed by atoms with Gasteiger partial charge in [-0.05, 0) is 131 Å². The summed E-state index contributed by atoms with van der Waals surface area (Å²) in [5.74, 6) is 2.04. The van der Waals surface area contributed by atoms with Gasteiger partial charge in [0.15, 0.2) is 0 Å². The lowest BCUT2D eigenvalue weighted by molar-refractivity contribution is 0.0185. The Balaban J connectivity index is 2.06. The summed E-state index contributed by atoms with van der Waals surface area (Å²) in [6, 6.07) is 10.1. The molecule has 15 heteroatoms. The molecule has 4 rings (SSSR count). The summed E-state index contributed by atoms with van der Waals surface area (Å²) in [7, 11) is 0. The molecule has 1 aromatic heterocycles. The van der Waals surface area contributed by atoms with E-state index in [0.717, 1.165) is 0 Å². The molecule has 0 spiro atoms. The molecule has 0 aliphatic carbocycles. The predicted molar refractivity (Wildman–Crippen MR) is 292 cm³/mol. The van der Waals surface area contributed by atoms with E-state index in [4.69, 9.17) is 57.6 Å². The fourth-order valence-corrected chi connectivity index (χ4v) is 7.49. The lowest BCUT2D eigenvalue weighted by atomic mass is 9.79. The van der Waals surface area contributed by atoms with Gasteiger partial charge in [-0.3, -0.25) is 0 Å². The molecule has 414 valence electrons. The van der Waals surface area contributed by atoms with Gasteiger partial charge in [-0.25, -0.2) is 14.4 Å². The molecule has 0 amide bonds. The number of rotatable bonds is 9. The van der Waals surface area contributed by atoms with Crippen LogP contribution in [0, 0.1) is 0 Å². The van der Waals surface area contributed by atoms with Gasteiger partial charge in [-0.15, -0.1) is 15.0 Å². The van der Waals surface area contributed by atoms with E-state index in [2.05, 4.69) is 0 Å². The molecule has 0 radical (unpaired) electrons. The molecule has 0 saturated heterocycles. The maximum absolute atomic E-state index is 13.3. The Hall–Kier alpha value is -6.12.